The van der Waals surface area contributed by atoms with Crippen molar-refractivity contribution in [1.29, 1.82) is 0 Å². The van der Waals surface area contributed by atoms with Crippen LogP contribution in [0.25, 0.3) is 10.4 Å². The van der Waals surface area contributed by atoms with E-state index in [4.69, 9.17) is 0 Å². The van der Waals surface area contributed by atoms with Crippen molar-refractivity contribution in [1.82, 2.24) is 5.32 Å². The van der Waals surface area contributed by atoms with E-state index in [2.05, 4.69) is 51.6 Å². The number of benzene rings is 1. The van der Waals surface area contributed by atoms with Crippen LogP contribution < -0.4 is 5.32 Å². The highest BCUT2D eigenvalue weighted by Crippen LogP contribution is 2.54. The average molecular weight is 320 g/mol. The van der Waals surface area contributed by atoms with Crippen LogP contribution in [-0.4, -0.2) is 6.54 Å². The zero-order valence-electron chi connectivity index (χ0n) is 10.0. The number of rotatable bonds is 1. The smallest absolute Gasteiger partial charge is 0.0360 e. The van der Waals surface area contributed by atoms with Gasteiger partial charge in [0.25, 0.3) is 0 Å². The number of thiophene rings is 1. The van der Waals surface area contributed by atoms with Gasteiger partial charge in [-0.05, 0) is 30.5 Å². The van der Waals surface area contributed by atoms with E-state index in [0.29, 0.717) is 5.41 Å². The third kappa shape index (κ3) is 1.61. The Balaban J connectivity index is 1.85. The summed E-state index contributed by atoms with van der Waals surface area (Å²) in [5.41, 5.74) is 3.35. The summed E-state index contributed by atoms with van der Waals surface area (Å²) >= 11 is 5.66. The Morgan fingerprint density at radius 2 is 2.06 bits per heavy atom. The van der Waals surface area contributed by atoms with Crippen LogP contribution in [0, 0.1) is 0 Å². The lowest BCUT2D eigenvalue weighted by Gasteiger charge is -2.22. The summed E-state index contributed by atoms with van der Waals surface area (Å²) < 4.78 is 1.20. The fourth-order valence-corrected chi connectivity index (χ4v) is 4.97. The molecule has 0 radical (unpaired) electrons. The summed E-state index contributed by atoms with van der Waals surface area (Å²) in [5, 5.41) is 3.57. The number of hydrogen-bond acceptors (Lipinski definition) is 2. The molecule has 2 heterocycles. The molecule has 0 saturated heterocycles. The molecule has 1 spiro atoms. The second-order valence-electron chi connectivity index (χ2n) is 5.33. The lowest BCUT2D eigenvalue weighted by Crippen LogP contribution is -2.31. The predicted octanol–water partition coefficient (Wildman–Crippen LogP) is 4.31. The highest BCUT2D eigenvalue weighted by molar-refractivity contribution is 9.10. The fourth-order valence-electron chi connectivity index (χ4n) is 2.87. The van der Waals surface area contributed by atoms with Crippen molar-refractivity contribution in [2.45, 2.75) is 24.8 Å². The minimum Gasteiger partial charge on any atom is -0.312 e. The van der Waals surface area contributed by atoms with Gasteiger partial charge in [-0.25, -0.2) is 0 Å². The summed E-state index contributed by atoms with van der Waals surface area (Å²) in [6, 6.07) is 10.9. The van der Waals surface area contributed by atoms with Gasteiger partial charge in [0.15, 0.2) is 0 Å². The molecule has 18 heavy (non-hydrogen) atoms. The number of halogens is 1. The van der Waals surface area contributed by atoms with Gasteiger partial charge in [-0.3, -0.25) is 0 Å². The van der Waals surface area contributed by atoms with Gasteiger partial charge in [0.1, 0.15) is 0 Å². The molecule has 1 fully saturated rings. The standard InChI is InChI=1S/C15H14BrNS/c16-12-4-2-1-3-11(12)13-7-10-8-17-9-15(5-6-15)14(10)18-13/h1-4,7,17H,5-6,8-9H2. The minimum atomic E-state index is 0.498. The third-order valence-corrected chi connectivity index (χ3v) is 6.21. The van der Waals surface area contributed by atoms with Crippen molar-refractivity contribution >= 4 is 27.3 Å². The number of hydrogen-bond donors (Lipinski definition) is 1. The second-order valence-corrected chi connectivity index (χ2v) is 7.24. The van der Waals surface area contributed by atoms with Crippen molar-refractivity contribution in [2.24, 2.45) is 0 Å². The maximum absolute atomic E-state index is 3.66. The van der Waals surface area contributed by atoms with Gasteiger partial charge >= 0.3 is 0 Å². The molecule has 92 valence electrons. The Morgan fingerprint density at radius 1 is 1.22 bits per heavy atom. The van der Waals surface area contributed by atoms with Crippen molar-refractivity contribution in [3.8, 4) is 10.4 Å². The molecule has 2 aromatic rings. The summed E-state index contributed by atoms with van der Waals surface area (Å²) in [6.07, 6.45) is 2.73. The minimum absolute atomic E-state index is 0.498. The van der Waals surface area contributed by atoms with Crippen LogP contribution in [0.4, 0.5) is 0 Å². The molecule has 1 aromatic heterocycles. The second kappa shape index (κ2) is 3.92. The van der Waals surface area contributed by atoms with Crippen molar-refractivity contribution < 1.29 is 0 Å². The molecule has 1 aliphatic carbocycles. The van der Waals surface area contributed by atoms with Crippen molar-refractivity contribution in [3.05, 3.63) is 45.2 Å². The lowest BCUT2D eigenvalue weighted by atomic mass is 9.97. The van der Waals surface area contributed by atoms with E-state index >= 15 is 0 Å². The zero-order chi connectivity index (χ0) is 12.2. The van der Waals surface area contributed by atoms with Crippen LogP contribution in [0.1, 0.15) is 23.3 Å². The molecule has 0 atom stereocenters. The first-order valence-corrected chi connectivity index (χ1v) is 7.98. The molecule has 0 bridgehead atoms. The topological polar surface area (TPSA) is 12.0 Å². The summed E-state index contributed by atoms with van der Waals surface area (Å²) in [6.45, 7) is 2.22. The summed E-state index contributed by atoms with van der Waals surface area (Å²) in [7, 11) is 0. The van der Waals surface area contributed by atoms with E-state index < -0.39 is 0 Å². The summed E-state index contributed by atoms with van der Waals surface area (Å²) in [5.74, 6) is 0. The van der Waals surface area contributed by atoms with Gasteiger partial charge in [0.05, 0.1) is 0 Å². The highest BCUT2D eigenvalue weighted by Gasteiger charge is 2.48. The predicted molar refractivity (Wildman–Crippen MR) is 80.1 cm³/mol. The quantitative estimate of drug-likeness (QED) is 0.825. The molecular formula is C15H14BrNS. The van der Waals surface area contributed by atoms with Gasteiger partial charge < -0.3 is 5.32 Å². The molecule has 0 unspecified atom stereocenters. The SMILES string of the molecule is Brc1ccccc1-c1cc2c(s1)C1(CC1)CNC2. The van der Waals surface area contributed by atoms with Gasteiger partial charge in [-0.15, -0.1) is 11.3 Å². The van der Waals surface area contributed by atoms with Crippen LogP contribution in [0.5, 0.6) is 0 Å². The fraction of sp³-hybridized carbons (Fsp3) is 0.333. The first-order valence-electron chi connectivity index (χ1n) is 6.37. The maximum Gasteiger partial charge on any atom is 0.0360 e. The van der Waals surface area contributed by atoms with Crippen LogP contribution >= 0.6 is 27.3 Å². The molecule has 3 heteroatoms. The normalized spacial score (nSPS) is 19.8. The van der Waals surface area contributed by atoms with E-state index in [-0.39, 0.29) is 0 Å². The molecule has 1 saturated carbocycles. The Kier molecular flexibility index (Phi) is 2.44. The molecule has 1 nitrogen and oxygen atoms in total. The van der Waals surface area contributed by atoms with Crippen LogP contribution in [-0.2, 0) is 12.0 Å². The highest BCUT2D eigenvalue weighted by atomic mass is 79.9. The van der Waals surface area contributed by atoms with Crippen molar-refractivity contribution in [2.75, 3.05) is 6.54 Å². The average Bonchev–Trinajstić information content (AvgIpc) is 3.00. The van der Waals surface area contributed by atoms with E-state index in [1.165, 1.54) is 39.9 Å². The maximum atomic E-state index is 3.66. The van der Waals surface area contributed by atoms with Crippen LogP contribution in [0.3, 0.4) is 0 Å². The number of nitrogens with one attached hydrogen (secondary N) is 1. The van der Waals surface area contributed by atoms with Crippen molar-refractivity contribution in [3.63, 3.8) is 0 Å². The van der Waals surface area contributed by atoms with Crippen LogP contribution in [0.2, 0.25) is 0 Å². The number of fused-ring (bicyclic) bond motifs is 2. The third-order valence-electron chi connectivity index (χ3n) is 4.06. The largest absolute Gasteiger partial charge is 0.312 e. The Morgan fingerprint density at radius 3 is 2.83 bits per heavy atom. The first kappa shape index (κ1) is 11.2. The van der Waals surface area contributed by atoms with Gasteiger partial charge in [-0.2, -0.15) is 0 Å². The lowest BCUT2D eigenvalue weighted by molar-refractivity contribution is 0.541. The Bertz CT molecular complexity index is 613. The van der Waals surface area contributed by atoms with Gasteiger partial charge in [0.2, 0.25) is 0 Å². The monoisotopic (exact) mass is 319 g/mol. The van der Waals surface area contributed by atoms with E-state index in [1.54, 1.807) is 4.88 Å². The molecule has 0 amide bonds. The Hall–Kier alpha value is -0.640. The van der Waals surface area contributed by atoms with E-state index in [0.717, 1.165) is 6.54 Å². The molecule has 1 aromatic carbocycles. The van der Waals surface area contributed by atoms with Crippen LogP contribution in [0.15, 0.2) is 34.8 Å². The summed E-state index contributed by atoms with van der Waals surface area (Å²) in [4.78, 5) is 3.05. The Labute approximate surface area is 119 Å². The van der Waals surface area contributed by atoms with E-state index in [1.807, 2.05) is 11.3 Å². The van der Waals surface area contributed by atoms with Gasteiger partial charge in [0, 0.05) is 38.3 Å². The van der Waals surface area contributed by atoms with Gasteiger partial charge in [-0.1, -0.05) is 34.1 Å². The zero-order valence-corrected chi connectivity index (χ0v) is 12.4. The molecule has 4 rings (SSSR count). The van der Waals surface area contributed by atoms with E-state index in [9.17, 15) is 0 Å². The molecule has 2 aliphatic rings. The molecular weight excluding hydrogens is 306 g/mol. The molecule has 1 N–H and O–H groups in total. The first-order chi connectivity index (χ1) is 8.78. The molecule has 1 aliphatic heterocycles.